The summed E-state index contributed by atoms with van der Waals surface area (Å²) < 4.78 is 5.32. The van der Waals surface area contributed by atoms with Crippen LogP contribution < -0.4 is 15.4 Å². The standard InChI is InChI=1S/C21H34N4O2/c1-6-22-20(23-14-17-9-10-18(27-5)16(2)13-17)24-15-21(11-7-8-12-21)19(26)25(3)4/h9-10,13H,6-8,11-12,14-15H2,1-5H3,(H2,22,23,24). The van der Waals surface area contributed by atoms with Gasteiger partial charge >= 0.3 is 0 Å². The number of benzene rings is 1. The van der Waals surface area contributed by atoms with Crippen molar-refractivity contribution in [2.24, 2.45) is 10.4 Å². The molecule has 1 fully saturated rings. The van der Waals surface area contributed by atoms with Gasteiger partial charge in [0.2, 0.25) is 5.91 Å². The Labute approximate surface area is 163 Å². The molecule has 0 aliphatic heterocycles. The molecule has 150 valence electrons. The van der Waals surface area contributed by atoms with Gasteiger partial charge in [-0.15, -0.1) is 0 Å². The number of amides is 1. The largest absolute Gasteiger partial charge is 0.496 e. The van der Waals surface area contributed by atoms with Gasteiger partial charge in [0.15, 0.2) is 5.96 Å². The maximum atomic E-state index is 12.7. The molecule has 1 amide bonds. The summed E-state index contributed by atoms with van der Waals surface area (Å²) >= 11 is 0. The number of aryl methyl sites for hydroxylation is 1. The van der Waals surface area contributed by atoms with Gasteiger partial charge in [0, 0.05) is 27.2 Å². The molecule has 0 bridgehead atoms. The van der Waals surface area contributed by atoms with Crippen molar-refractivity contribution in [3.05, 3.63) is 29.3 Å². The van der Waals surface area contributed by atoms with Crippen molar-refractivity contribution in [2.45, 2.75) is 46.1 Å². The lowest BCUT2D eigenvalue weighted by molar-refractivity contribution is -0.138. The SMILES string of the molecule is CCNC(=NCc1ccc(OC)c(C)c1)NCC1(C(=O)N(C)C)CCCC1. The highest BCUT2D eigenvalue weighted by Crippen LogP contribution is 2.38. The molecule has 0 atom stereocenters. The van der Waals surface area contributed by atoms with Crippen molar-refractivity contribution in [1.82, 2.24) is 15.5 Å². The first-order chi connectivity index (χ1) is 12.9. The van der Waals surface area contributed by atoms with Crippen LogP contribution in [-0.4, -0.2) is 51.1 Å². The summed E-state index contributed by atoms with van der Waals surface area (Å²) in [5, 5.41) is 6.70. The summed E-state index contributed by atoms with van der Waals surface area (Å²) in [6.07, 6.45) is 4.10. The number of carbonyl (C=O) groups excluding carboxylic acids is 1. The molecule has 0 spiro atoms. The zero-order chi connectivity index (χ0) is 19.9. The second kappa shape index (κ2) is 9.62. The first-order valence-corrected chi connectivity index (χ1v) is 9.79. The number of methoxy groups -OCH3 is 1. The zero-order valence-corrected chi connectivity index (χ0v) is 17.4. The van der Waals surface area contributed by atoms with Gasteiger partial charge in [-0.3, -0.25) is 4.79 Å². The fraction of sp³-hybridized carbons (Fsp3) is 0.619. The number of hydrogen-bond acceptors (Lipinski definition) is 3. The second-order valence-corrected chi connectivity index (χ2v) is 7.54. The van der Waals surface area contributed by atoms with Gasteiger partial charge in [0.1, 0.15) is 5.75 Å². The van der Waals surface area contributed by atoms with E-state index in [4.69, 9.17) is 9.73 Å². The number of rotatable bonds is 7. The van der Waals surface area contributed by atoms with E-state index in [-0.39, 0.29) is 11.3 Å². The third-order valence-corrected chi connectivity index (χ3v) is 5.24. The minimum atomic E-state index is -0.309. The lowest BCUT2D eigenvalue weighted by Crippen LogP contribution is -2.49. The Kier molecular flexibility index (Phi) is 7.51. The van der Waals surface area contributed by atoms with Gasteiger partial charge < -0.3 is 20.3 Å². The first-order valence-electron chi connectivity index (χ1n) is 9.79. The van der Waals surface area contributed by atoms with Gasteiger partial charge in [-0.1, -0.05) is 25.0 Å². The van der Waals surface area contributed by atoms with Crippen LogP contribution in [0.15, 0.2) is 23.2 Å². The van der Waals surface area contributed by atoms with E-state index in [0.29, 0.717) is 13.1 Å². The van der Waals surface area contributed by atoms with E-state index >= 15 is 0 Å². The lowest BCUT2D eigenvalue weighted by Gasteiger charge is -2.31. The molecule has 1 saturated carbocycles. The predicted molar refractivity (Wildman–Crippen MR) is 110 cm³/mol. The number of ether oxygens (including phenoxy) is 1. The molecule has 0 heterocycles. The summed E-state index contributed by atoms with van der Waals surface area (Å²) in [6.45, 7) is 6.06. The molecule has 0 unspecified atom stereocenters. The highest BCUT2D eigenvalue weighted by Gasteiger charge is 2.42. The highest BCUT2D eigenvalue weighted by molar-refractivity contribution is 5.85. The van der Waals surface area contributed by atoms with Crippen LogP contribution in [0.4, 0.5) is 0 Å². The Morgan fingerprint density at radius 3 is 2.52 bits per heavy atom. The monoisotopic (exact) mass is 374 g/mol. The molecule has 6 nitrogen and oxygen atoms in total. The lowest BCUT2D eigenvalue weighted by atomic mass is 9.84. The number of hydrogen-bond donors (Lipinski definition) is 2. The van der Waals surface area contributed by atoms with Crippen LogP contribution in [0.2, 0.25) is 0 Å². The summed E-state index contributed by atoms with van der Waals surface area (Å²) in [4.78, 5) is 19.2. The van der Waals surface area contributed by atoms with Crippen LogP contribution in [0, 0.1) is 12.3 Å². The van der Waals surface area contributed by atoms with Crippen molar-refractivity contribution >= 4 is 11.9 Å². The summed E-state index contributed by atoms with van der Waals surface area (Å²) in [6, 6.07) is 6.11. The summed E-state index contributed by atoms with van der Waals surface area (Å²) in [5.41, 5.74) is 1.92. The molecule has 1 aromatic rings. The minimum Gasteiger partial charge on any atom is -0.496 e. The van der Waals surface area contributed by atoms with Gasteiger partial charge in [0.25, 0.3) is 0 Å². The van der Waals surface area contributed by atoms with E-state index in [1.807, 2.05) is 40.1 Å². The van der Waals surface area contributed by atoms with Crippen LogP contribution >= 0.6 is 0 Å². The van der Waals surface area contributed by atoms with Gasteiger partial charge in [-0.25, -0.2) is 4.99 Å². The topological polar surface area (TPSA) is 66.0 Å². The Hall–Kier alpha value is -2.24. The zero-order valence-electron chi connectivity index (χ0n) is 17.4. The smallest absolute Gasteiger partial charge is 0.230 e. The second-order valence-electron chi connectivity index (χ2n) is 7.54. The van der Waals surface area contributed by atoms with Crippen molar-refractivity contribution in [3.63, 3.8) is 0 Å². The number of nitrogens with one attached hydrogen (secondary N) is 2. The van der Waals surface area contributed by atoms with E-state index in [1.54, 1.807) is 12.0 Å². The highest BCUT2D eigenvalue weighted by atomic mass is 16.5. The Morgan fingerprint density at radius 2 is 1.96 bits per heavy atom. The molecular weight excluding hydrogens is 340 g/mol. The quantitative estimate of drug-likeness (QED) is 0.569. The van der Waals surface area contributed by atoms with E-state index in [2.05, 4.69) is 16.7 Å². The van der Waals surface area contributed by atoms with Crippen LogP contribution in [0.25, 0.3) is 0 Å². The number of carbonyl (C=O) groups is 1. The fourth-order valence-corrected chi connectivity index (χ4v) is 3.80. The van der Waals surface area contributed by atoms with Gasteiger partial charge in [-0.05, 0) is 43.9 Å². The number of aliphatic imine (C=N–C) groups is 1. The van der Waals surface area contributed by atoms with Crippen molar-refractivity contribution in [1.29, 1.82) is 0 Å². The maximum absolute atomic E-state index is 12.7. The van der Waals surface area contributed by atoms with Crippen molar-refractivity contribution < 1.29 is 9.53 Å². The molecular formula is C21H34N4O2. The average molecular weight is 375 g/mol. The first kappa shape index (κ1) is 21.1. The van der Waals surface area contributed by atoms with Crippen LogP contribution in [-0.2, 0) is 11.3 Å². The molecule has 2 N–H and O–H groups in total. The summed E-state index contributed by atoms with van der Waals surface area (Å²) in [7, 11) is 5.36. The predicted octanol–water partition coefficient (Wildman–Crippen LogP) is 2.71. The van der Waals surface area contributed by atoms with Crippen LogP contribution in [0.5, 0.6) is 5.75 Å². The number of guanidine groups is 1. The molecule has 27 heavy (non-hydrogen) atoms. The molecule has 6 heteroatoms. The molecule has 1 aromatic carbocycles. The van der Waals surface area contributed by atoms with E-state index in [1.165, 1.54) is 0 Å². The van der Waals surface area contributed by atoms with E-state index < -0.39 is 0 Å². The molecule has 2 rings (SSSR count). The number of nitrogens with zero attached hydrogens (tertiary/aromatic N) is 2. The van der Waals surface area contributed by atoms with Crippen molar-refractivity contribution in [3.8, 4) is 5.75 Å². The molecule has 0 radical (unpaired) electrons. The van der Waals surface area contributed by atoms with E-state index in [9.17, 15) is 4.79 Å². The molecule has 1 aliphatic carbocycles. The van der Waals surface area contributed by atoms with Gasteiger partial charge in [0.05, 0.1) is 19.1 Å². The van der Waals surface area contributed by atoms with Crippen molar-refractivity contribution in [2.75, 3.05) is 34.3 Å². The normalized spacial score (nSPS) is 16.1. The maximum Gasteiger partial charge on any atom is 0.230 e. The molecule has 0 aromatic heterocycles. The average Bonchev–Trinajstić information content (AvgIpc) is 3.13. The Bertz CT molecular complexity index is 664. The van der Waals surface area contributed by atoms with Gasteiger partial charge in [-0.2, -0.15) is 0 Å². The summed E-state index contributed by atoms with van der Waals surface area (Å²) in [5.74, 6) is 1.86. The third-order valence-electron chi connectivity index (χ3n) is 5.24. The Morgan fingerprint density at radius 1 is 1.26 bits per heavy atom. The third kappa shape index (κ3) is 5.37. The minimum absolute atomic E-state index is 0.217. The van der Waals surface area contributed by atoms with Crippen LogP contribution in [0.3, 0.4) is 0 Å². The van der Waals surface area contributed by atoms with Crippen LogP contribution in [0.1, 0.15) is 43.7 Å². The van der Waals surface area contributed by atoms with E-state index in [0.717, 1.165) is 55.1 Å². The Balaban J connectivity index is 2.06. The molecule has 0 saturated heterocycles. The molecule has 1 aliphatic rings. The fourth-order valence-electron chi connectivity index (χ4n) is 3.80.